The number of halogens is 1. The van der Waals surface area contributed by atoms with E-state index in [4.69, 9.17) is 17.3 Å². The van der Waals surface area contributed by atoms with Gasteiger partial charge in [0.1, 0.15) is 0 Å². The van der Waals surface area contributed by atoms with Crippen LogP contribution in [0.1, 0.15) is 43.6 Å². The van der Waals surface area contributed by atoms with Gasteiger partial charge in [-0.2, -0.15) is 0 Å². The van der Waals surface area contributed by atoms with E-state index in [1.807, 2.05) is 6.07 Å². The summed E-state index contributed by atoms with van der Waals surface area (Å²) in [4.78, 5) is 11.0. The first-order chi connectivity index (χ1) is 8.71. The Kier molecular flexibility index (Phi) is 5.39. The summed E-state index contributed by atoms with van der Waals surface area (Å²) in [6.07, 6.45) is 0. The molecule has 1 atom stereocenters. The van der Waals surface area contributed by atoms with E-state index in [0.717, 1.165) is 12.1 Å². The first-order valence-corrected chi connectivity index (χ1v) is 6.88. The van der Waals surface area contributed by atoms with Crippen LogP contribution in [-0.2, 0) is 6.54 Å². The van der Waals surface area contributed by atoms with Gasteiger partial charge in [0.25, 0.3) is 0 Å². The van der Waals surface area contributed by atoms with Crippen molar-refractivity contribution in [2.45, 2.75) is 34.2 Å². The molecule has 0 aliphatic heterocycles. The molecule has 0 saturated carbocycles. The van der Waals surface area contributed by atoms with Gasteiger partial charge in [0.15, 0.2) is 0 Å². The Morgan fingerprint density at radius 2 is 2.05 bits per heavy atom. The summed E-state index contributed by atoms with van der Waals surface area (Å²) < 4.78 is 0. The zero-order valence-electron chi connectivity index (χ0n) is 12.1. The number of amides is 1. The maximum atomic E-state index is 11.0. The van der Waals surface area contributed by atoms with Crippen molar-refractivity contribution in [3.63, 3.8) is 0 Å². The molecule has 0 spiro atoms. The van der Waals surface area contributed by atoms with E-state index >= 15 is 0 Å². The number of nitrogens with one attached hydrogen (secondary N) is 1. The largest absolute Gasteiger partial charge is 0.366 e. The molecular formula is C15H23ClN2O. The van der Waals surface area contributed by atoms with Gasteiger partial charge < -0.3 is 11.1 Å². The number of carbonyl (C=O) groups is 1. The maximum Gasteiger partial charge on any atom is 0.248 e. The summed E-state index contributed by atoms with van der Waals surface area (Å²) in [6.45, 7) is 10.5. The quantitative estimate of drug-likeness (QED) is 0.871. The molecule has 3 nitrogen and oxygen atoms in total. The first kappa shape index (κ1) is 16.0. The molecule has 0 heterocycles. The number of hydrogen-bond donors (Lipinski definition) is 2. The Bertz CT molecular complexity index is 452. The minimum atomic E-state index is -0.456. The van der Waals surface area contributed by atoms with Crippen molar-refractivity contribution in [2.75, 3.05) is 6.54 Å². The number of nitrogens with two attached hydrogens (primary N) is 1. The summed E-state index contributed by atoms with van der Waals surface area (Å²) >= 11 is 6.13. The van der Waals surface area contributed by atoms with Crippen LogP contribution in [0.25, 0.3) is 0 Å². The maximum absolute atomic E-state index is 11.0. The highest BCUT2D eigenvalue weighted by molar-refractivity contribution is 6.31. The van der Waals surface area contributed by atoms with Gasteiger partial charge in [-0.15, -0.1) is 0 Å². The van der Waals surface area contributed by atoms with Crippen molar-refractivity contribution in [1.29, 1.82) is 0 Å². The van der Waals surface area contributed by atoms with E-state index in [2.05, 4.69) is 33.0 Å². The standard InChI is InChI=1S/C15H23ClN2O/c1-10(15(2,3)4)8-18-9-12-6-5-11(14(17)19)7-13(12)16/h5-7,10,18H,8-9H2,1-4H3,(H2,17,19). The van der Waals surface area contributed by atoms with Gasteiger partial charge in [-0.1, -0.05) is 45.4 Å². The van der Waals surface area contributed by atoms with E-state index in [0.29, 0.717) is 23.0 Å². The Morgan fingerprint density at radius 3 is 2.53 bits per heavy atom. The molecule has 3 N–H and O–H groups in total. The van der Waals surface area contributed by atoms with Gasteiger partial charge >= 0.3 is 0 Å². The summed E-state index contributed by atoms with van der Waals surface area (Å²) in [7, 11) is 0. The van der Waals surface area contributed by atoms with Gasteiger partial charge in [0.05, 0.1) is 0 Å². The van der Waals surface area contributed by atoms with Crippen LogP contribution >= 0.6 is 11.6 Å². The van der Waals surface area contributed by atoms with Crippen molar-refractivity contribution < 1.29 is 4.79 Å². The van der Waals surface area contributed by atoms with Crippen molar-refractivity contribution in [3.8, 4) is 0 Å². The fourth-order valence-electron chi connectivity index (χ4n) is 1.57. The molecule has 4 heteroatoms. The number of primary amides is 1. The van der Waals surface area contributed by atoms with Gasteiger partial charge in [0.2, 0.25) is 5.91 Å². The van der Waals surface area contributed by atoms with Crippen LogP contribution in [-0.4, -0.2) is 12.5 Å². The number of rotatable bonds is 5. The molecule has 0 radical (unpaired) electrons. The van der Waals surface area contributed by atoms with Crippen molar-refractivity contribution >= 4 is 17.5 Å². The fourth-order valence-corrected chi connectivity index (χ4v) is 1.82. The molecule has 0 bridgehead atoms. The van der Waals surface area contributed by atoms with Crippen molar-refractivity contribution in [1.82, 2.24) is 5.32 Å². The number of benzene rings is 1. The highest BCUT2D eigenvalue weighted by Gasteiger charge is 2.19. The molecule has 1 unspecified atom stereocenters. The molecule has 0 aliphatic carbocycles. The SMILES string of the molecule is CC(CNCc1ccc(C(N)=O)cc1Cl)C(C)(C)C. The van der Waals surface area contributed by atoms with Gasteiger partial charge in [-0.05, 0) is 35.6 Å². The minimum absolute atomic E-state index is 0.284. The predicted octanol–water partition coefficient (Wildman–Crippen LogP) is 3.21. The normalized spacial score (nSPS) is 13.3. The molecule has 0 fully saturated rings. The zero-order chi connectivity index (χ0) is 14.6. The number of carbonyl (C=O) groups excluding carboxylic acids is 1. The predicted molar refractivity (Wildman–Crippen MR) is 80.3 cm³/mol. The molecule has 1 aromatic rings. The Labute approximate surface area is 120 Å². The van der Waals surface area contributed by atoms with Crippen LogP contribution in [0.5, 0.6) is 0 Å². The zero-order valence-corrected chi connectivity index (χ0v) is 12.8. The smallest absolute Gasteiger partial charge is 0.248 e. The summed E-state index contributed by atoms with van der Waals surface area (Å²) in [5, 5.41) is 3.97. The van der Waals surface area contributed by atoms with E-state index in [9.17, 15) is 4.79 Å². The lowest BCUT2D eigenvalue weighted by Gasteiger charge is -2.27. The second kappa shape index (κ2) is 6.40. The lowest BCUT2D eigenvalue weighted by molar-refractivity contribution is 0.100. The fraction of sp³-hybridized carbons (Fsp3) is 0.533. The molecule has 1 aromatic carbocycles. The molecule has 0 saturated heterocycles. The Morgan fingerprint density at radius 1 is 1.42 bits per heavy atom. The number of hydrogen-bond acceptors (Lipinski definition) is 2. The van der Waals surface area contributed by atoms with Crippen molar-refractivity contribution in [3.05, 3.63) is 34.3 Å². The molecule has 1 amide bonds. The molecule has 0 aliphatic rings. The molecular weight excluding hydrogens is 260 g/mol. The first-order valence-electron chi connectivity index (χ1n) is 6.50. The molecule has 19 heavy (non-hydrogen) atoms. The molecule has 106 valence electrons. The van der Waals surface area contributed by atoms with E-state index in [-0.39, 0.29) is 5.41 Å². The van der Waals surface area contributed by atoms with Crippen LogP contribution in [0.4, 0.5) is 0 Å². The summed E-state index contributed by atoms with van der Waals surface area (Å²) in [6, 6.07) is 5.17. The third kappa shape index (κ3) is 4.84. The van der Waals surface area contributed by atoms with E-state index in [1.165, 1.54) is 0 Å². The average Bonchev–Trinajstić information content (AvgIpc) is 2.29. The van der Waals surface area contributed by atoms with Gasteiger partial charge in [-0.3, -0.25) is 4.79 Å². The monoisotopic (exact) mass is 282 g/mol. The van der Waals surface area contributed by atoms with Crippen LogP contribution in [0.3, 0.4) is 0 Å². The average molecular weight is 283 g/mol. The van der Waals surface area contributed by atoms with Gasteiger partial charge in [-0.25, -0.2) is 0 Å². The van der Waals surface area contributed by atoms with Crippen LogP contribution < -0.4 is 11.1 Å². The van der Waals surface area contributed by atoms with E-state index < -0.39 is 5.91 Å². The highest BCUT2D eigenvalue weighted by Crippen LogP contribution is 2.24. The van der Waals surface area contributed by atoms with E-state index in [1.54, 1.807) is 12.1 Å². The van der Waals surface area contributed by atoms with Crippen LogP contribution in [0, 0.1) is 11.3 Å². The summed E-state index contributed by atoms with van der Waals surface area (Å²) in [5.41, 5.74) is 6.91. The second-order valence-electron chi connectivity index (χ2n) is 6.07. The topological polar surface area (TPSA) is 55.1 Å². The third-order valence-corrected chi connectivity index (χ3v) is 3.93. The minimum Gasteiger partial charge on any atom is -0.366 e. The van der Waals surface area contributed by atoms with Gasteiger partial charge in [0, 0.05) is 17.1 Å². The Hall–Kier alpha value is -1.06. The lowest BCUT2D eigenvalue weighted by atomic mass is 9.82. The second-order valence-corrected chi connectivity index (χ2v) is 6.48. The molecule has 0 aromatic heterocycles. The molecule has 1 rings (SSSR count). The summed E-state index contributed by atoms with van der Waals surface area (Å²) in [5.74, 6) is 0.110. The highest BCUT2D eigenvalue weighted by atomic mass is 35.5. The van der Waals surface area contributed by atoms with Crippen molar-refractivity contribution in [2.24, 2.45) is 17.1 Å². The third-order valence-electron chi connectivity index (χ3n) is 3.58. The lowest BCUT2D eigenvalue weighted by Crippen LogP contribution is -2.29. The van der Waals surface area contributed by atoms with Crippen LogP contribution in [0.2, 0.25) is 5.02 Å². The van der Waals surface area contributed by atoms with Crippen LogP contribution in [0.15, 0.2) is 18.2 Å². The Balaban J connectivity index is 2.57.